The van der Waals surface area contributed by atoms with Crippen LogP contribution in [0.1, 0.15) is 0 Å². The maximum absolute atomic E-state index is 6.61. The lowest BCUT2D eigenvalue weighted by Crippen LogP contribution is -1.92. The normalized spacial score (nSPS) is 11.9. The lowest BCUT2D eigenvalue weighted by molar-refractivity contribution is 0.670. The fraction of sp³-hybridized carbons (Fsp3) is 0. The fourth-order valence-corrected chi connectivity index (χ4v) is 8.31. The first-order chi connectivity index (χ1) is 27.7. The van der Waals surface area contributed by atoms with Crippen molar-refractivity contribution in [3.63, 3.8) is 0 Å². The average molecular weight is 716 g/mol. The van der Waals surface area contributed by atoms with Gasteiger partial charge in [-0.2, -0.15) is 0 Å². The summed E-state index contributed by atoms with van der Waals surface area (Å²) in [6.45, 7) is 0. The molecule has 0 saturated heterocycles. The molecule has 0 fully saturated rings. The first-order valence-corrected chi connectivity index (χ1v) is 18.8. The second-order valence-corrected chi connectivity index (χ2v) is 14.3. The molecule has 0 atom stereocenters. The van der Waals surface area contributed by atoms with Gasteiger partial charge in [0, 0.05) is 54.6 Å². The molecule has 0 N–H and O–H groups in total. The summed E-state index contributed by atoms with van der Waals surface area (Å²) in [6.07, 6.45) is 0. The number of hydrogen-bond acceptors (Lipinski definition) is 5. The zero-order valence-corrected chi connectivity index (χ0v) is 29.9. The number of fused-ring (bicyclic) bond motifs is 11. The molecule has 0 spiro atoms. The average Bonchev–Trinajstić information content (AvgIpc) is 3.85. The van der Waals surface area contributed by atoms with Gasteiger partial charge in [0.1, 0.15) is 22.3 Å². The van der Waals surface area contributed by atoms with Crippen LogP contribution in [0.25, 0.3) is 121 Å². The number of hydrogen-bond donors (Lipinski definition) is 0. The number of para-hydroxylation sites is 3. The Morgan fingerprint density at radius 3 is 1.68 bits per heavy atom. The van der Waals surface area contributed by atoms with Crippen molar-refractivity contribution in [3.05, 3.63) is 176 Å². The van der Waals surface area contributed by atoms with E-state index in [0.29, 0.717) is 0 Å². The molecule has 0 unspecified atom stereocenters. The maximum Gasteiger partial charge on any atom is 0.147 e. The number of aromatic nitrogens is 3. The molecule has 12 rings (SSSR count). The Kier molecular flexibility index (Phi) is 6.56. The Morgan fingerprint density at radius 1 is 0.357 bits per heavy atom. The third-order valence-electron chi connectivity index (χ3n) is 11.1. The zero-order chi connectivity index (χ0) is 36.7. The summed E-state index contributed by atoms with van der Waals surface area (Å²) in [6, 6.07) is 60.7. The quantitative estimate of drug-likeness (QED) is 0.170. The van der Waals surface area contributed by atoms with Gasteiger partial charge in [0.25, 0.3) is 0 Å². The van der Waals surface area contributed by atoms with E-state index in [1.807, 2.05) is 42.5 Å². The van der Waals surface area contributed by atoms with E-state index in [-0.39, 0.29) is 0 Å². The molecule has 5 nitrogen and oxygen atoms in total. The van der Waals surface area contributed by atoms with E-state index >= 15 is 0 Å². The highest BCUT2D eigenvalue weighted by atomic mass is 16.3. The van der Waals surface area contributed by atoms with Crippen molar-refractivity contribution in [3.8, 4) is 44.9 Å². The predicted octanol–water partition coefficient (Wildman–Crippen LogP) is 13.8. The van der Waals surface area contributed by atoms with Crippen molar-refractivity contribution in [1.29, 1.82) is 0 Å². The second kappa shape index (κ2) is 11.9. The van der Waals surface area contributed by atoms with Crippen molar-refractivity contribution in [2.45, 2.75) is 0 Å². The number of benzene rings is 7. The molecule has 0 bridgehead atoms. The van der Waals surface area contributed by atoms with Crippen LogP contribution in [0, 0.1) is 0 Å². The highest BCUT2D eigenvalue weighted by Gasteiger charge is 2.20. The minimum absolute atomic E-state index is 0.828. The number of rotatable bonds is 4. The summed E-state index contributed by atoms with van der Waals surface area (Å²) in [5, 5.41) is 7.34. The topological polar surface area (TPSA) is 65.0 Å². The van der Waals surface area contributed by atoms with Crippen LogP contribution in [0.2, 0.25) is 0 Å². The van der Waals surface area contributed by atoms with Gasteiger partial charge in [0.15, 0.2) is 0 Å². The molecule has 0 saturated carbocycles. The monoisotopic (exact) mass is 715 g/mol. The Labute approximate surface area is 320 Å². The standard InChI is InChI=1S/C51H29N3O2/c1-2-9-30(10-3-1)41-27-24-33-21-22-34-25-28-42(53-49(34)48(33)52-41)31-17-19-32(20-18-31)47-46-40-12-5-7-16-45(40)56-51(46)39-26-23-35(29-43(39)54-47)36-13-8-14-38-37-11-4-6-15-44(37)55-50(36)38/h1-29H. The third kappa shape index (κ3) is 4.71. The molecule has 0 aliphatic rings. The Bertz CT molecular complexity index is 3530. The van der Waals surface area contributed by atoms with Crippen LogP contribution >= 0.6 is 0 Å². The summed E-state index contributed by atoms with van der Waals surface area (Å²) in [7, 11) is 0. The van der Waals surface area contributed by atoms with E-state index in [9.17, 15) is 0 Å². The van der Waals surface area contributed by atoms with Gasteiger partial charge in [-0.15, -0.1) is 0 Å². The third-order valence-corrected chi connectivity index (χ3v) is 11.1. The van der Waals surface area contributed by atoms with Crippen molar-refractivity contribution >= 4 is 76.6 Å². The highest BCUT2D eigenvalue weighted by Crippen LogP contribution is 2.42. The molecule has 0 aliphatic carbocycles. The van der Waals surface area contributed by atoms with Gasteiger partial charge in [-0.25, -0.2) is 15.0 Å². The van der Waals surface area contributed by atoms with E-state index in [4.69, 9.17) is 23.8 Å². The molecule has 0 aliphatic heterocycles. The van der Waals surface area contributed by atoms with Crippen LogP contribution in [0.4, 0.5) is 0 Å². The molecular weight excluding hydrogens is 687 g/mol. The SMILES string of the molecule is c1ccc(-c2ccc3ccc4ccc(-c5ccc(-c6nc7cc(-c8cccc9c8oc8ccccc89)ccc7c7oc8ccccc8c67)cc5)nc4c3n2)cc1. The van der Waals surface area contributed by atoms with Crippen LogP contribution in [-0.2, 0) is 0 Å². The van der Waals surface area contributed by atoms with Crippen molar-refractivity contribution in [1.82, 2.24) is 15.0 Å². The lowest BCUT2D eigenvalue weighted by Gasteiger charge is -2.10. The minimum Gasteiger partial charge on any atom is -0.455 e. The van der Waals surface area contributed by atoms with Gasteiger partial charge < -0.3 is 8.83 Å². The predicted molar refractivity (Wildman–Crippen MR) is 229 cm³/mol. The Hall–Kier alpha value is -7.63. The van der Waals surface area contributed by atoms with E-state index < -0.39 is 0 Å². The Morgan fingerprint density at radius 2 is 0.929 bits per heavy atom. The van der Waals surface area contributed by atoms with E-state index in [1.54, 1.807) is 0 Å². The molecule has 7 aromatic carbocycles. The summed E-state index contributed by atoms with van der Waals surface area (Å²) >= 11 is 0. The molecule has 0 amide bonds. The summed E-state index contributed by atoms with van der Waals surface area (Å²) < 4.78 is 13.0. The van der Waals surface area contributed by atoms with E-state index in [1.165, 1.54) is 0 Å². The van der Waals surface area contributed by atoms with Crippen LogP contribution < -0.4 is 0 Å². The van der Waals surface area contributed by atoms with Crippen LogP contribution in [0.3, 0.4) is 0 Å². The van der Waals surface area contributed by atoms with Gasteiger partial charge in [-0.05, 0) is 42.0 Å². The minimum atomic E-state index is 0.828. The second-order valence-electron chi connectivity index (χ2n) is 14.3. The van der Waals surface area contributed by atoms with Crippen molar-refractivity contribution in [2.75, 3.05) is 0 Å². The summed E-state index contributed by atoms with van der Waals surface area (Å²) in [4.78, 5) is 15.7. The van der Waals surface area contributed by atoms with Crippen LogP contribution in [-0.4, -0.2) is 15.0 Å². The van der Waals surface area contributed by atoms with Gasteiger partial charge in [-0.3, -0.25) is 0 Å². The number of furan rings is 2. The first kappa shape index (κ1) is 30.8. The van der Waals surface area contributed by atoms with Gasteiger partial charge in [0.2, 0.25) is 0 Å². The van der Waals surface area contributed by atoms with Gasteiger partial charge in [0.05, 0.1) is 39.0 Å². The van der Waals surface area contributed by atoms with E-state index in [0.717, 1.165) is 121 Å². The molecular formula is C51H29N3O2. The van der Waals surface area contributed by atoms with Crippen molar-refractivity contribution in [2.24, 2.45) is 0 Å². The molecule has 5 aromatic heterocycles. The number of pyridine rings is 3. The van der Waals surface area contributed by atoms with Gasteiger partial charge in [-0.1, -0.05) is 140 Å². The fourth-order valence-electron chi connectivity index (χ4n) is 8.31. The molecule has 260 valence electrons. The Balaban J connectivity index is 0.998. The maximum atomic E-state index is 6.61. The largest absolute Gasteiger partial charge is 0.455 e. The van der Waals surface area contributed by atoms with Crippen LogP contribution in [0.5, 0.6) is 0 Å². The summed E-state index contributed by atoms with van der Waals surface area (Å²) in [5.41, 5.74) is 13.9. The van der Waals surface area contributed by atoms with E-state index in [2.05, 4.69) is 133 Å². The molecule has 5 heteroatoms. The highest BCUT2D eigenvalue weighted by molar-refractivity contribution is 6.20. The molecule has 12 aromatic rings. The summed E-state index contributed by atoms with van der Waals surface area (Å²) in [5.74, 6) is 0. The zero-order valence-electron chi connectivity index (χ0n) is 29.9. The van der Waals surface area contributed by atoms with Gasteiger partial charge >= 0.3 is 0 Å². The van der Waals surface area contributed by atoms with Crippen molar-refractivity contribution < 1.29 is 8.83 Å². The molecule has 56 heavy (non-hydrogen) atoms. The number of nitrogens with zero attached hydrogens (tertiary/aromatic N) is 3. The van der Waals surface area contributed by atoms with Crippen LogP contribution in [0.15, 0.2) is 185 Å². The molecule has 0 radical (unpaired) electrons. The molecule has 5 heterocycles. The first-order valence-electron chi connectivity index (χ1n) is 18.8. The lowest BCUT2D eigenvalue weighted by atomic mass is 9.98. The smallest absolute Gasteiger partial charge is 0.147 e.